The zero-order chi connectivity index (χ0) is 18.3. The second-order valence-electron chi connectivity index (χ2n) is 5.94. The topological polar surface area (TPSA) is 102 Å². The first kappa shape index (κ1) is 16.2. The van der Waals surface area contributed by atoms with Crippen LogP contribution in [-0.2, 0) is 4.79 Å². The highest BCUT2D eigenvalue weighted by Crippen LogP contribution is 2.40. The summed E-state index contributed by atoms with van der Waals surface area (Å²) in [5.41, 5.74) is 1.99. The van der Waals surface area contributed by atoms with E-state index in [9.17, 15) is 9.18 Å². The van der Waals surface area contributed by atoms with Crippen LogP contribution in [-0.4, -0.2) is 46.5 Å². The molecule has 1 aliphatic rings. The molecule has 1 aliphatic carbocycles. The van der Waals surface area contributed by atoms with E-state index in [0.29, 0.717) is 28.7 Å². The number of rotatable bonds is 5. The summed E-state index contributed by atoms with van der Waals surface area (Å²) in [6, 6.07) is 3.48. The van der Waals surface area contributed by atoms with E-state index in [2.05, 4.69) is 25.5 Å². The first-order valence-corrected chi connectivity index (χ1v) is 7.99. The fourth-order valence-electron chi connectivity index (χ4n) is 2.83. The number of fused-ring (bicyclic) bond motifs is 1. The minimum Gasteiger partial charge on any atom is -0.494 e. The van der Waals surface area contributed by atoms with Crippen molar-refractivity contribution < 1.29 is 18.7 Å². The van der Waals surface area contributed by atoms with E-state index < -0.39 is 12.1 Å². The molecule has 26 heavy (non-hydrogen) atoms. The number of anilines is 1. The summed E-state index contributed by atoms with van der Waals surface area (Å²) in [4.78, 5) is 19.3. The van der Waals surface area contributed by atoms with Crippen LogP contribution in [0, 0.1) is 5.92 Å². The van der Waals surface area contributed by atoms with Gasteiger partial charge in [-0.05, 0) is 18.6 Å². The third kappa shape index (κ3) is 2.71. The summed E-state index contributed by atoms with van der Waals surface area (Å²) in [6.07, 6.45) is 2.48. The predicted octanol–water partition coefficient (Wildman–Crippen LogP) is 2.33. The van der Waals surface area contributed by atoms with Gasteiger partial charge in [-0.1, -0.05) is 0 Å². The summed E-state index contributed by atoms with van der Waals surface area (Å²) >= 11 is 0. The van der Waals surface area contributed by atoms with Crippen LogP contribution in [0.2, 0.25) is 0 Å². The van der Waals surface area contributed by atoms with Crippen LogP contribution in [0.4, 0.5) is 10.2 Å². The summed E-state index contributed by atoms with van der Waals surface area (Å²) in [7, 11) is 3.04. The van der Waals surface area contributed by atoms with Gasteiger partial charge in [0.1, 0.15) is 17.6 Å². The number of carbonyl (C=O) groups excluding carboxylic acids is 1. The summed E-state index contributed by atoms with van der Waals surface area (Å²) in [6.45, 7) is 0. The number of aromatic nitrogens is 4. The van der Waals surface area contributed by atoms with E-state index in [1.165, 1.54) is 20.4 Å². The summed E-state index contributed by atoms with van der Waals surface area (Å²) in [5, 5.41) is 11.3. The van der Waals surface area contributed by atoms with E-state index in [-0.39, 0.29) is 12.3 Å². The molecule has 1 saturated carbocycles. The molecule has 134 valence electrons. The molecule has 0 saturated heterocycles. The van der Waals surface area contributed by atoms with E-state index in [0.717, 1.165) is 10.9 Å². The average molecular weight is 357 g/mol. The Bertz CT molecular complexity index is 967. The Morgan fingerprint density at radius 3 is 2.85 bits per heavy atom. The largest absolute Gasteiger partial charge is 0.494 e. The van der Waals surface area contributed by atoms with Gasteiger partial charge < -0.3 is 19.8 Å². The van der Waals surface area contributed by atoms with Gasteiger partial charge in [-0.25, -0.2) is 9.37 Å². The summed E-state index contributed by atoms with van der Waals surface area (Å²) < 4.78 is 23.7. The van der Waals surface area contributed by atoms with Gasteiger partial charge in [0.05, 0.1) is 31.9 Å². The van der Waals surface area contributed by atoms with Gasteiger partial charge in [0.2, 0.25) is 11.8 Å². The van der Waals surface area contributed by atoms with Crippen LogP contribution in [0.5, 0.6) is 11.6 Å². The Kier molecular flexibility index (Phi) is 3.90. The molecule has 2 atom stereocenters. The second kappa shape index (κ2) is 6.25. The molecule has 2 N–H and O–H groups in total. The smallest absolute Gasteiger partial charge is 0.244 e. The van der Waals surface area contributed by atoms with Crippen LogP contribution in [0.15, 0.2) is 24.5 Å². The van der Waals surface area contributed by atoms with Crippen LogP contribution in [0.25, 0.3) is 22.2 Å². The third-order valence-corrected chi connectivity index (χ3v) is 4.31. The van der Waals surface area contributed by atoms with Crippen LogP contribution >= 0.6 is 0 Å². The fraction of sp³-hybridized carbons (Fsp3) is 0.294. The molecule has 9 heteroatoms. The highest BCUT2D eigenvalue weighted by molar-refractivity contribution is 5.99. The monoisotopic (exact) mass is 357 g/mol. The number of aromatic amines is 1. The Hall–Kier alpha value is -3.23. The molecule has 1 amide bonds. The lowest BCUT2D eigenvalue weighted by Gasteiger charge is -2.10. The lowest BCUT2D eigenvalue weighted by atomic mass is 10.1. The van der Waals surface area contributed by atoms with Crippen molar-refractivity contribution >= 4 is 22.8 Å². The molecule has 0 unspecified atom stereocenters. The molecule has 0 aromatic carbocycles. The van der Waals surface area contributed by atoms with Crippen molar-refractivity contribution in [2.24, 2.45) is 5.92 Å². The van der Waals surface area contributed by atoms with Crippen molar-refractivity contribution in [3.63, 3.8) is 0 Å². The normalized spacial score (nSPS) is 18.6. The number of H-pyrrole nitrogens is 1. The quantitative estimate of drug-likeness (QED) is 0.727. The Labute approximate surface area is 147 Å². The Morgan fingerprint density at radius 2 is 2.15 bits per heavy atom. The van der Waals surface area contributed by atoms with E-state index in [4.69, 9.17) is 9.47 Å². The Morgan fingerprint density at radius 1 is 1.35 bits per heavy atom. The highest BCUT2D eigenvalue weighted by Gasteiger charge is 2.43. The number of ether oxygens (including phenoxy) is 2. The van der Waals surface area contributed by atoms with Crippen molar-refractivity contribution in [3.05, 3.63) is 24.5 Å². The van der Waals surface area contributed by atoms with E-state index >= 15 is 0 Å². The number of pyridine rings is 1. The molecular weight excluding hydrogens is 341 g/mol. The van der Waals surface area contributed by atoms with Crippen LogP contribution < -0.4 is 14.8 Å². The van der Waals surface area contributed by atoms with Gasteiger partial charge >= 0.3 is 0 Å². The Balaban J connectivity index is 1.72. The predicted molar refractivity (Wildman–Crippen MR) is 91.9 cm³/mol. The number of methoxy groups -OCH3 is 2. The van der Waals surface area contributed by atoms with Gasteiger partial charge in [-0.2, -0.15) is 5.10 Å². The molecule has 8 nitrogen and oxygen atoms in total. The van der Waals surface area contributed by atoms with Crippen LogP contribution in [0.1, 0.15) is 6.42 Å². The number of carbonyl (C=O) groups is 1. The number of nitrogens with zero attached hydrogens (tertiary/aromatic N) is 3. The van der Waals surface area contributed by atoms with Gasteiger partial charge in [0.15, 0.2) is 5.75 Å². The number of hydrogen-bond acceptors (Lipinski definition) is 6. The lowest BCUT2D eigenvalue weighted by Crippen LogP contribution is -2.15. The fourth-order valence-corrected chi connectivity index (χ4v) is 2.83. The van der Waals surface area contributed by atoms with Crippen molar-refractivity contribution in [2.75, 3.05) is 19.5 Å². The van der Waals surface area contributed by atoms with E-state index in [1.54, 1.807) is 12.3 Å². The standard InChI is InChI=1S/C17H16FN5O3/c1-25-12-7-20-23-17(26-2)14(12)10-6-19-15-8(10)3-4-13(21-15)22-16(24)9-5-11(9)18/h3-4,6-7,9,11H,5H2,1-2H3,(H2,19,21,22,24)/t9-,11+/m1/s1. The zero-order valence-electron chi connectivity index (χ0n) is 14.1. The highest BCUT2D eigenvalue weighted by atomic mass is 19.1. The molecule has 3 heterocycles. The number of halogens is 1. The number of hydrogen-bond donors (Lipinski definition) is 2. The van der Waals surface area contributed by atoms with Gasteiger partial charge in [0, 0.05) is 17.1 Å². The van der Waals surface area contributed by atoms with Gasteiger partial charge in [-0.15, -0.1) is 5.10 Å². The van der Waals surface area contributed by atoms with Crippen molar-refractivity contribution in [3.8, 4) is 22.8 Å². The van der Waals surface area contributed by atoms with Gasteiger partial charge in [-0.3, -0.25) is 4.79 Å². The van der Waals surface area contributed by atoms with Crippen molar-refractivity contribution in [1.82, 2.24) is 20.2 Å². The molecule has 1 fully saturated rings. The number of nitrogens with one attached hydrogen (secondary N) is 2. The molecule has 0 aliphatic heterocycles. The van der Waals surface area contributed by atoms with Gasteiger partial charge in [0.25, 0.3) is 0 Å². The molecule has 0 bridgehead atoms. The molecule has 0 spiro atoms. The molecule has 3 aromatic rings. The molecule has 3 aromatic heterocycles. The third-order valence-electron chi connectivity index (χ3n) is 4.31. The van der Waals surface area contributed by atoms with Crippen LogP contribution in [0.3, 0.4) is 0 Å². The van der Waals surface area contributed by atoms with Crippen molar-refractivity contribution in [2.45, 2.75) is 12.6 Å². The summed E-state index contributed by atoms with van der Waals surface area (Å²) in [5.74, 6) is 0.283. The first-order chi connectivity index (χ1) is 12.6. The maximum absolute atomic E-state index is 13.0. The first-order valence-electron chi connectivity index (χ1n) is 7.99. The SMILES string of the molecule is COc1cnnc(OC)c1-c1c[nH]c2nc(NC(=O)[C@@H]3C[C@@H]3F)ccc12. The average Bonchev–Trinajstić information content (AvgIpc) is 3.25. The maximum Gasteiger partial charge on any atom is 0.244 e. The van der Waals surface area contributed by atoms with Crippen molar-refractivity contribution in [1.29, 1.82) is 0 Å². The minimum absolute atomic E-state index is 0.273. The zero-order valence-corrected chi connectivity index (χ0v) is 14.1. The lowest BCUT2D eigenvalue weighted by molar-refractivity contribution is -0.117. The number of alkyl halides is 1. The molecule has 0 radical (unpaired) electrons. The minimum atomic E-state index is -1.05. The maximum atomic E-state index is 13.0. The molecular formula is C17H16FN5O3. The van der Waals surface area contributed by atoms with E-state index in [1.807, 2.05) is 6.07 Å². The second-order valence-corrected chi connectivity index (χ2v) is 5.94. The molecule has 4 rings (SSSR count). The number of amides is 1.